The standard InChI is InChI=1S/C13H14N4O2S/c1-17-12(5-7-15-17)6-8-16-20(18,19)13-4-2-3-11(9-13)10-14/h2-5,7,9,16H,6,8H2,1H3. The number of hydrogen-bond acceptors (Lipinski definition) is 4. The fourth-order valence-corrected chi connectivity index (χ4v) is 2.85. The Labute approximate surface area is 117 Å². The Morgan fingerprint density at radius 2 is 2.20 bits per heavy atom. The van der Waals surface area contributed by atoms with Gasteiger partial charge in [0.1, 0.15) is 0 Å². The predicted octanol–water partition coefficient (Wildman–Crippen LogP) is 0.813. The van der Waals surface area contributed by atoms with Crippen LogP contribution in [0, 0.1) is 11.3 Å². The summed E-state index contributed by atoms with van der Waals surface area (Å²) < 4.78 is 28.4. The Balaban J connectivity index is 2.04. The molecule has 0 amide bonds. The molecule has 104 valence electrons. The van der Waals surface area contributed by atoms with Crippen molar-refractivity contribution in [1.29, 1.82) is 5.26 Å². The molecule has 0 aliphatic rings. The van der Waals surface area contributed by atoms with Crippen LogP contribution in [-0.4, -0.2) is 24.7 Å². The third-order valence-corrected chi connectivity index (χ3v) is 4.33. The second kappa shape index (κ2) is 5.86. The van der Waals surface area contributed by atoms with Crippen molar-refractivity contribution >= 4 is 10.0 Å². The van der Waals surface area contributed by atoms with Gasteiger partial charge in [-0.1, -0.05) is 6.07 Å². The predicted molar refractivity (Wildman–Crippen MR) is 73.3 cm³/mol. The zero-order valence-electron chi connectivity index (χ0n) is 10.9. The lowest BCUT2D eigenvalue weighted by molar-refractivity contribution is 0.579. The van der Waals surface area contributed by atoms with E-state index < -0.39 is 10.0 Å². The number of benzene rings is 1. The van der Waals surface area contributed by atoms with E-state index in [4.69, 9.17) is 5.26 Å². The Kier molecular flexibility index (Phi) is 4.17. The van der Waals surface area contributed by atoms with E-state index in [1.54, 1.807) is 30.1 Å². The molecule has 1 heterocycles. The van der Waals surface area contributed by atoms with Gasteiger partial charge in [-0.2, -0.15) is 10.4 Å². The minimum absolute atomic E-state index is 0.0987. The van der Waals surface area contributed by atoms with Gasteiger partial charge in [-0.15, -0.1) is 0 Å². The molecule has 0 saturated heterocycles. The van der Waals surface area contributed by atoms with Crippen LogP contribution in [0.25, 0.3) is 0 Å². The van der Waals surface area contributed by atoms with Gasteiger partial charge in [0, 0.05) is 31.9 Å². The van der Waals surface area contributed by atoms with Crippen molar-refractivity contribution in [2.24, 2.45) is 7.05 Å². The summed E-state index contributed by atoms with van der Waals surface area (Å²) in [6.07, 6.45) is 2.22. The third kappa shape index (κ3) is 3.23. The maximum atomic E-state index is 12.1. The number of rotatable bonds is 5. The molecular weight excluding hydrogens is 276 g/mol. The number of nitriles is 1. The Morgan fingerprint density at radius 1 is 1.40 bits per heavy atom. The molecule has 0 aliphatic carbocycles. The van der Waals surface area contributed by atoms with Crippen molar-refractivity contribution in [2.75, 3.05) is 6.54 Å². The molecule has 0 bridgehead atoms. The second-order valence-electron chi connectivity index (χ2n) is 4.23. The van der Waals surface area contributed by atoms with E-state index >= 15 is 0 Å². The molecule has 1 aromatic heterocycles. The zero-order valence-corrected chi connectivity index (χ0v) is 11.8. The average Bonchev–Trinajstić information content (AvgIpc) is 2.84. The Morgan fingerprint density at radius 3 is 2.85 bits per heavy atom. The Bertz CT molecular complexity index is 744. The number of aryl methyl sites for hydroxylation is 1. The second-order valence-corrected chi connectivity index (χ2v) is 6.00. The average molecular weight is 290 g/mol. The molecule has 0 spiro atoms. The number of hydrogen-bond donors (Lipinski definition) is 1. The first-order chi connectivity index (χ1) is 9.53. The van der Waals surface area contributed by atoms with Crippen LogP contribution in [0.4, 0.5) is 0 Å². The lowest BCUT2D eigenvalue weighted by atomic mass is 10.2. The van der Waals surface area contributed by atoms with Crippen molar-refractivity contribution in [1.82, 2.24) is 14.5 Å². The highest BCUT2D eigenvalue weighted by Crippen LogP contribution is 2.10. The lowest BCUT2D eigenvalue weighted by Gasteiger charge is -2.07. The number of nitrogens with one attached hydrogen (secondary N) is 1. The lowest BCUT2D eigenvalue weighted by Crippen LogP contribution is -2.26. The van der Waals surface area contributed by atoms with E-state index in [0.717, 1.165) is 5.69 Å². The normalized spacial score (nSPS) is 11.2. The van der Waals surface area contributed by atoms with E-state index in [1.807, 2.05) is 12.1 Å². The quantitative estimate of drug-likeness (QED) is 0.882. The molecule has 0 fully saturated rings. The number of nitrogens with zero attached hydrogens (tertiary/aromatic N) is 3. The van der Waals surface area contributed by atoms with Crippen molar-refractivity contribution in [3.8, 4) is 6.07 Å². The van der Waals surface area contributed by atoms with Gasteiger partial charge in [0.05, 0.1) is 16.5 Å². The molecule has 2 rings (SSSR count). The highest BCUT2D eigenvalue weighted by Gasteiger charge is 2.14. The van der Waals surface area contributed by atoms with Gasteiger partial charge in [-0.25, -0.2) is 13.1 Å². The van der Waals surface area contributed by atoms with Gasteiger partial charge in [-0.3, -0.25) is 4.68 Å². The Hall–Kier alpha value is -2.17. The summed E-state index contributed by atoms with van der Waals surface area (Å²) in [4.78, 5) is 0.0987. The smallest absolute Gasteiger partial charge is 0.240 e. The maximum Gasteiger partial charge on any atom is 0.240 e. The van der Waals surface area contributed by atoms with Gasteiger partial charge in [0.25, 0.3) is 0 Å². The van der Waals surface area contributed by atoms with Crippen LogP contribution in [0.5, 0.6) is 0 Å². The van der Waals surface area contributed by atoms with E-state index in [9.17, 15) is 8.42 Å². The summed E-state index contributed by atoms with van der Waals surface area (Å²) in [5.74, 6) is 0. The van der Waals surface area contributed by atoms with Crippen LogP contribution in [0.2, 0.25) is 0 Å². The molecule has 6 nitrogen and oxygen atoms in total. The third-order valence-electron chi connectivity index (χ3n) is 2.87. The molecule has 1 aromatic carbocycles. The first-order valence-electron chi connectivity index (χ1n) is 5.99. The van der Waals surface area contributed by atoms with Crippen LogP contribution in [0.3, 0.4) is 0 Å². The number of sulfonamides is 1. The zero-order chi connectivity index (χ0) is 14.6. The molecule has 20 heavy (non-hydrogen) atoms. The van der Waals surface area contributed by atoms with Gasteiger partial charge in [-0.05, 0) is 24.3 Å². The summed E-state index contributed by atoms with van der Waals surface area (Å²) in [6.45, 7) is 0.276. The van der Waals surface area contributed by atoms with Crippen LogP contribution in [0.15, 0.2) is 41.4 Å². The molecule has 0 saturated carbocycles. The summed E-state index contributed by atoms with van der Waals surface area (Å²) >= 11 is 0. The van der Waals surface area contributed by atoms with Gasteiger partial charge >= 0.3 is 0 Å². The maximum absolute atomic E-state index is 12.1. The van der Waals surface area contributed by atoms with Gasteiger partial charge in [0.2, 0.25) is 10.0 Å². The molecule has 2 aromatic rings. The van der Waals surface area contributed by atoms with Crippen LogP contribution >= 0.6 is 0 Å². The fourth-order valence-electron chi connectivity index (χ4n) is 1.78. The molecule has 0 atom stereocenters. The molecule has 7 heteroatoms. The largest absolute Gasteiger partial charge is 0.273 e. The summed E-state index contributed by atoms with van der Waals surface area (Å²) in [7, 11) is -1.78. The fraction of sp³-hybridized carbons (Fsp3) is 0.231. The summed E-state index contributed by atoms with van der Waals surface area (Å²) in [5.41, 5.74) is 1.26. The van der Waals surface area contributed by atoms with Crippen LogP contribution in [0.1, 0.15) is 11.3 Å². The molecule has 0 radical (unpaired) electrons. The highest BCUT2D eigenvalue weighted by atomic mass is 32.2. The summed E-state index contributed by atoms with van der Waals surface area (Å²) in [6, 6.07) is 9.69. The molecule has 0 unspecified atom stereocenters. The first-order valence-corrected chi connectivity index (χ1v) is 7.48. The van der Waals surface area contributed by atoms with Crippen molar-refractivity contribution in [3.05, 3.63) is 47.8 Å². The van der Waals surface area contributed by atoms with Crippen LogP contribution in [-0.2, 0) is 23.5 Å². The minimum atomic E-state index is -3.59. The molecule has 1 N–H and O–H groups in total. The van der Waals surface area contributed by atoms with Crippen molar-refractivity contribution in [2.45, 2.75) is 11.3 Å². The summed E-state index contributed by atoms with van der Waals surface area (Å²) in [5, 5.41) is 12.8. The SMILES string of the molecule is Cn1nccc1CCNS(=O)(=O)c1cccc(C#N)c1. The van der Waals surface area contributed by atoms with E-state index in [1.165, 1.54) is 12.1 Å². The topological polar surface area (TPSA) is 87.8 Å². The van der Waals surface area contributed by atoms with Crippen LogP contribution < -0.4 is 4.72 Å². The molecule has 0 aliphatic heterocycles. The van der Waals surface area contributed by atoms with Gasteiger partial charge in [0.15, 0.2) is 0 Å². The minimum Gasteiger partial charge on any atom is -0.273 e. The van der Waals surface area contributed by atoms with Crippen molar-refractivity contribution in [3.63, 3.8) is 0 Å². The molecular formula is C13H14N4O2S. The van der Waals surface area contributed by atoms with E-state index in [2.05, 4.69) is 9.82 Å². The van der Waals surface area contributed by atoms with E-state index in [-0.39, 0.29) is 11.4 Å². The monoisotopic (exact) mass is 290 g/mol. The first kappa shape index (κ1) is 14.2. The highest BCUT2D eigenvalue weighted by molar-refractivity contribution is 7.89. The number of aromatic nitrogens is 2. The van der Waals surface area contributed by atoms with Gasteiger partial charge < -0.3 is 0 Å². The van der Waals surface area contributed by atoms with E-state index in [0.29, 0.717) is 12.0 Å². The van der Waals surface area contributed by atoms with Crippen molar-refractivity contribution < 1.29 is 8.42 Å².